The monoisotopic (exact) mass is 382 g/mol. The summed E-state index contributed by atoms with van der Waals surface area (Å²) in [7, 11) is 0. The largest absolute Gasteiger partial charge is 0.491 e. The van der Waals surface area contributed by atoms with Gasteiger partial charge in [-0.25, -0.2) is 4.79 Å². The molecule has 0 saturated heterocycles. The Morgan fingerprint density at radius 1 is 1.11 bits per heavy atom. The number of Topliss-reactive ketones (excluding diaryl/α,β-unsaturated/α-hetero) is 1. The lowest BCUT2D eigenvalue weighted by Gasteiger charge is -2.12. The summed E-state index contributed by atoms with van der Waals surface area (Å²) < 4.78 is 7.84. The van der Waals surface area contributed by atoms with Crippen LogP contribution in [0.4, 0.5) is 0 Å². The van der Waals surface area contributed by atoms with Crippen molar-refractivity contribution in [2.24, 2.45) is 0 Å². The van der Waals surface area contributed by atoms with Gasteiger partial charge in [-0.3, -0.25) is 0 Å². The quantitative estimate of drug-likeness (QED) is 0.600. The van der Waals surface area contributed by atoms with Crippen molar-refractivity contribution >= 4 is 5.78 Å². The molecule has 0 amide bonds. The number of benzene rings is 2. The minimum Gasteiger partial charge on any atom is -0.491 e. The molecular formula is C20H22N4O4. The third kappa shape index (κ3) is 5.14. The molecule has 1 atom stereocenters. The first-order valence-electron chi connectivity index (χ1n) is 9.00. The molecule has 0 spiro atoms. The van der Waals surface area contributed by atoms with Crippen LogP contribution in [0.3, 0.4) is 0 Å². The van der Waals surface area contributed by atoms with Crippen molar-refractivity contribution in [3.63, 3.8) is 0 Å². The molecular weight excluding hydrogens is 360 g/mol. The number of carbonyl (C=O) groups excluding carboxylic acids is 1. The van der Waals surface area contributed by atoms with E-state index in [9.17, 15) is 14.7 Å². The van der Waals surface area contributed by atoms with E-state index < -0.39 is 11.8 Å². The van der Waals surface area contributed by atoms with E-state index in [1.54, 1.807) is 43.3 Å². The summed E-state index contributed by atoms with van der Waals surface area (Å²) in [6.07, 6.45) is 0.284. The topological polar surface area (TPSA) is 99.2 Å². The standard InChI is InChI=1S/C20H22N4O4/c1-15(25)7-8-16-9-11-19(12-10-16)28-14-18(26)13-23-20(27)24(22-21-23)17-5-3-2-4-6-17/h2-6,9-12,18,26H,7-8,13-14H2,1H3/t18-/m0/s1. The van der Waals surface area contributed by atoms with Crippen LogP contribution < -0.4 is 10.4 Å². The molecule has 0 radical (unpaired) electrons. The maximum absolute atomic E-state index is 12.4. The summed E-state index contributed by atoms with van der Waals surface area (Å²) in [4.78, 5) is 23.4. The number of rotatable bonds is 9. The van der Waals surface area contributed by atoms with Gasteiger partial charge in [0.15, 0.2) is 0 Å². The Kier molecular flexibility index (Phi) is 6.33. The molecule has 0 bridgehead atoms. The molecule has 0 unspecified atom stereocenters. The van der Waals surface area contributed by atoms with E-state index in [0.717, 1.165) is 10.2 Å². The van der Waals surface area contributed by atoms with Crippen molar-refractivity contribution < 1.29 is 14.6 Å². The summed E-state index contributed by atoms with van der Waals surface area (Å²) in [5.74, 6) is 0.758. The maximum Gasteiger partial charge on any atom is 0.368 e. The van der Waals surface area contributed by atoms with Crippen molar-refractivity contribution in [1.82, 2.24) is 19.8 Å². The summed E-state index contributed by atoms with van der Waals surface area (Å²) in [5, 5.41) is 17.8. The van der Waals surface area contributed by atoms with Gasteiger partial charge in [-0.05, 0) is 53.6 Å². The smallest absolute Gasteiger partial charge is 0.368 e. The molecule has 0 fully saturated rings. The molecule has 3 aromatic rings. The number of hydrogen-bond acceptors (Lipinski definition) is 6. The van der Waals surface area contributed by atoms with E-state index in [1.165, 1.54) is 4.68 Å². The van der Waals surface area contributed by atoms with Gasteiger partial charge in [-0.1, -0.05) is 30.3 Å². The van der Waals surface area contributed by atoms with Gasteiger partial charge in [-0.15, -0.1) is 0 Å². The van der Waals surface area contributed by atoms with E-state index in [1.807, 2.05) is 18.2 Å². The lowest BCUT2D eigenvalue weighted by Crippen LogP contribution is -2.31. The molecule has 2 aromatic carbocycles. The number of ether oxygens (including phenoxy) is 1. The molecule has 1 N–H and O–H groups in total. The first-order chi connectivity index (χ1) is 13.5. The van der Waals surface area contributed by atoms with Gasteiger partial charge in [-0.2, -0.15) is 9.36 Å². The number of carbonyl (C=O) groups is 1. The Morgan fingerprint density at radius 2 is 1.82 bits per heavy atom. The third-order valence-electron chi connectivity index (χ3n) is 4.16. The van der Waals surface area contributed by atoms with Crippen LogP contribution in [0.1, 0.15) is 18.9 Å². The summed E-state index contributed by atoms with van der Waals surface area (Å²) in [5.41, 5.74) is 1.22. The molecule has 0 saturated carbocycles. The van der Waals surface area contributed by atoms with Crippen molar-refractivity contribution in [2.45, 2.75) is 32.4 Å². The lowest BCUT2D eigenvalue weighted by molar-refractivity contribution is -0.116. The lowest BCUT2D eigenvalue weighted by atomic mass is 10.1. The zero-order valence-corrected chi connectivity index (χ0v) is 15.6. The van der Waals surface area contributed by atoms with Gasteiger partial charge in [0.05, 0.1) is 12.2 Å². The predicted octanol–water partition coefficient (Wildman–Crippen LogP) is 1.39. The zero-order chi connectivity index (χ0) is 19.9. The van der Waals surface area contributed by atoms with Gasteiger partial charge < -0.3 is 14.6 Å². The van der Waals surface area contributed by atoms with Crippen molar-refractivity contribution in [3.8, 4) is 11.4 Å². The van der Waals surface area contributed by atoms with Crippen molar-refractivity contribution in [2.75, 3.05) is 6.61 Å². The normalized spacial score (nSPS) is 11.9. The maximum atomic E-state index is 12.4. The average molecular weight is 382 g/mol. The number of nitrogens with zero attached hydrogens (tertiary/aromatic N) is 4. The molecule has 0 aliphatic heterocycles. The van der Waals surface area contributed by atoms with Crippen LogP contribution in [0.25, 0.3) is 5.69 Å². The number of aromatic nitrogens is 4. The highest BCUT2D eigenvalue weighted by atomic mass is 16.5. The van der Waals surface area contributed by atoms with Gasteiger partial charge in [0.2, 0.25) is 0 Å². The SMILES string of the molecule is CC(=O)CCc1ccc(OC[C@@H](O)Cn2nnn(-c3ccccc3)c2=O)cc1. The highest BCUT2D eigenvalue weighted by Gasteiger charge is 2.13. The molecule has 8 nitrogen and oxygen atoms in total. The van der Waals surface area contributed by atoms with Crippen LogP contribution in [0.2, 0.25) is 0 Å². The van der Waals surface area contributed by atoms with Gasteiger partial charge in [0, 0.05) is 6.42 Å². The van der Waals surface area contributed by atoms with E-state index in [4.69, 9.17) is 4.74 Å². The third-order valence-corrected chi connectivity index (χ3v) is 4.16. The van der Waals surface area contributed by atoms with E-state index in [2.05, 4.69) is 10.4 Å². The highest BCUT2D eigenvalue weighted by molar-refractivity contribution is 5.75. The number of tetrazole rings is 1. The molecule has 0 aliphatic carbocycles. The zero-order valence-electron chi connectivity index (χ0n) is 15.6. The first kappa shape index (κ1) is 19.5. The minimum absolute atomic E-state index is 0.0113. The van der Waals surface area contributed by atoms with Crippen LogP contribution in [0.5, 0.6) is 5.75 Å². The minimum atomic E-state index is -0.920. The van der Waals surface area contributed by atoms with Crippen LogP contribution in [-0.2, 0) is 17.8 Å². The Bertz CT molecular complexity index is 964. The molecule has 0 aliphatic rings. The highest BCUT2D eigenvalue weighted by Crippen LogP contribution is 2.14. The second-order valence-corrected chi connectivity index (χ2v) is 6.50. The van der Waals surface area contributed by atoms with Crippen LogP contribution >= 0.6 is 0 Å². The fraction of sp³-hybridized carbons (Fsp3) is 0.300. The number of aryl methyl sites for hydroxylation is 1. The average Bonchev–Trinajstić information content (AvgIpc) is 3.06. The number of ketones is 1. The van der Waals surface area contributed by atoms with E-state index >= 15 is 0 Å². The van der Waals surface area contributed by atoms with Gasteiger partial charge in [0.1, 0.15) is 24.2 Å². The number of aliphatic hydroxyl groups excluding tert-OH is 1. The van der Waals surface area contributed by atoms with E-state index in [-0.39, 0.29) is 18.9 Å². The van der Waals surface area contributed by atoms with Crippen LogP contribution in [-0.4, -0.2) is 43.4 Å². The summed E-state index contributed by atoms with van der Waals surface area (Å²) >= 11 is 0. The summed E-state index contributed by atoms with van der Waals surface area (Å²) in [6.45, 7) is 1.56. The predicted molar refractivity (Wildman–Crippen MR) is 103 cm³/mol. The first-order valence-corrected chi connectivity index (χ1v) is 9.00. The van der Waals surface area contributed by atoms with Crippen LogP contribution in [0, 0.1) is 0 Å². The number of hydrogen-bond donors (Lipinski definition) is 1. The molecule has 3 rings (SSSR count). The van der Waals surface area contributed by atoms with Gasteiger partial charge in [0.25, 0.3) is 0 Å². The van der Waals surface area contributed by atoms with Crippen molar-refractivity contribution in [1.29, 1.82) is 0 Å². The Hall–Kier alpha value is -3.26. The van der Waals surface area contributed by atoms with Gasteiger partial charge >= 0.3 is 5.69 Å². The fourth-order valence-electron chi connectivity index (χ4n) is 2.64. The number of para-hydroxylation sites is 1. The Labute approximate surface area is 162 Å². The molecule has 28 heavy (non-hydrogen) atoms. The molecule has 8 heteroatoms. The molecule has 1 heterocycles. The Balaban J connectivity index is 1.53. The van der Waals surface area contributed by atoms with E-state index in [0.29, 0.717) is 24.3 Å². The van der Waals surface area contributed by atoms with Crippen LogP contribution in [0.15, 0.2) is 59.4 Å². The summed E-state index contributed by atoms with van der Waals surface area (Å²) in [6, 6.07) is 16.3. The number of aliphatic hydroxyl groups is 1. The molecule has 1 aromatic heterocycles. The molecule has 146 valence electrons. The van der Waals surface area contributed by atoms with Crippen molar-refractivity contribution in [3.05, 3.63) is 70.6 Å². The fourth-order valence-corrected chi connectivity index (χ4v) is 2.64. The second-order valence-electron chi connectivity index (χ2n) is 6.50. The Morgan fingerprint density at radius 3 is 2.50 bits per heavy atom. The second kappa shape index (κ2) is 9.09.